The fraction of sp³-hybridized carbons (Fsp3) is 0.529. The van der Waals surface area contributed by atoms with Gasteiger partial charge in [0.05, 0.1) is 30.5 Å². The number of amides is 1. The summed E-state index contributed by atoms with van der Waals surface area (Å²) in [6, 6.07) is 0.449. The average molecular weight is 328 g/mol. The Morgan fingerprint density at radius 2 is 2.12 bits per heavy atom. The molecule has 0 fully saturated rings. The monoisotopic (exact) mass is 328 g/mol. The third-order valence-corrected chi connectivity index (χ3v) is 4.55. The molecule has 0 spiro atoms. The number of nitrogens with zero attached hydrogens (tertiary/aromatic N) is 6. The summed E-state index contributed by atoms with van der Waals surface area (Å²) >= 11 is 0. The second kappa shape index (κ2) is 7.09. The van der Waals surface area contributed by atoms with E-state index in [1.54, 1.807) is 12.4 Å². The van der Waals surface area contributed by atoms with Crippen LogP contribution in [0.25, 0.3) is 0 Å². The molecule has 2 aromatic rings. The van der Waals surface area contributed by atoms with Crippen molar-refractivity contribution in [3.05, 3.63) is 42.0 Å². The number of hydrogen-bond donors (Lipinski definition) is 0. The minimum atomic E-state index is -0.0686. The van der Waals surface area contributed by atoms with Gasteiger partial charge in [0.2, 0.25) is 0 Å². The standard InChI is InChI=1S/C17H24N6O/c1-13(2)21(3)10-15-16-11-22(7-4-8-23(16)12-20-15)17(24)14-9-18-5-6-19-14/h5-6,9,12-13H,4,7-8,10-11H2,1-3H3. The Hall–Kier alpha value is -2.28. The molecule has 0 radical (unpaired) electrons. The van der Waals surface area contributed by atoms with Crippen LogP contribution in [0, 0.1) is 0 Å². The van der Waals surface area contributed by atoms with E-state index in [1.807, 2.05) is 11.2 Å². The van der Waals surface area contributed by atoms with Gasteiger partial charge in [-0.3, -0.25) is 14.7 Å². The lowest BCUT2D eigenvalue weighted by Gasteiger charge is -2.22. The predicted octanol–water partition coefficient (Wildman–Crippen LogP) is 1.56. The highest BCUT2D eigenvalue weighted by Gasteiger charge is 2.24. The molecule has 1 amide bonds. The summed E-state index contributed by atoms with van der Waals surface area (Å²) in [6.45, 7) is 7.29. The van der Waals surface area contributed by atoms with Crippen molar-refractivity contribution in [2.24, 2.45) is 0 Å². The maximum Gasteiger partial charge on any atom is 0.274 e. The highest BCUT2D eigenvalue weighted by Crippen LogP contribution is 2.19. The molecule has 0 N–H and O–H groups in total. The molecule has 0 bridgehead atoms. The van der Waals surface area contributed by atoms with Gasteiger partial charge < -0.3 is 9.47 Å². The number of hydrogen-bond acceptors (Lipinski definition) is 5. The van der Waals surface area contributed by atoms with Crippen molar-refractivity contribution < 1.29 is 4.79 Å². The van der Waals surface area contributed by atoms with Crippen LogP contribution in [0.5, 0.6) is 0 Å². The Labute approximate surface area is 142 Å². The zero-order valence-electron chi connectivity index (χ0n) is 14.5. The fourth-order valence-corrected chi connectivity index (χ4v) is 2.81. The maximum absolute atomic E-state index is 12.7. The lowest BCUT2D eigenvalue weighted by molar-refractivity contribution is 0.0738. The first kappa shape index (κ1) is 16.6. The molecule has 0 saturated carbocycles. The Morgan fingerprint density at radius 3 is 2.83 bits per heavy atom. The molecule has 7 nitrogen and oxygen atoms in total. The van der Waals surface area contributed by atoms with E-state index in [9.17, 15) is 4.79 Å². The summed E-state index contributed by atoms with van der Waals surface area (Å²) in [7, 11) is 2.09. The largest absolute Gasteiger partial charge is 0.333 e. The molecular formula is C17H24N6O. The number of fused-ring (bicyclic) bond motifs is 1. The van der Waals surface area contributed by atoms with Crippen molar-refractivity contribution in [3.8, 4) is 0 Å². The van der Waals surface area contributed by atoms with Crippen LogP contribution < -0.4 is 0 Å². The second-order valence-corrected chi connectivity index (χ2v) is 6.51. The lowest BCUT2D eigenvalue weighted by atomic mass is 10.2. The maximum atomic E-state index is 12.7. The summed E-state index contributed by atoms with van der Waals surface area (Å²) in [5.74, 6) is -0.0686. The first-order valence-corrected chi connectivity index (χ1v) is 8.34. The van der Waals surface area contributed by atoms with Crippen molar-refractivity contribution in [1.82, 2.24) is 29.3 Å². The van der Waals surface area contributed by atoms with Crippen LogP contribution in [0.4, 0.5) is 0 Å². The Kier molecular flexibility index (Phi) is 4.89. The van der Waals surface area contributed by atoms with E-state index in [-0.39, 0.29) is 5.91 Å². The van der Waals surface area contributed by atoms with E-state index in [2.05, 4.69) is 45.3 Å². The minimum Gasteiger partial charge on any atom is -0.333 e. The first-order chi connectivity index (χ1) is 11.6. The van der Waals surface area contributed by atoms with Crippen molar-refractivity contribution in [2.75, 3.05) is 13.6 Å². The first-order valence-electron chi connectivity index (χ1n) is 8.34. The normalized spacial score (nSPS) is 14.8. The number of aromatic nitrogens is 4. The van der Waals surface area contributed by atoms with Gasteiger partial charge in [0.25, 0.3) is 5.91 Å². The molecule has 0 unspecified atom stereocenters. The minimum absolute atomic E-state index is 0.0686. The molecule has 3 rings (SSSR count). The van der Waals surface area contributed by atoms with E-state index in [4.69, 9.17) is 0 Å². The Morgan fingerprint density at radius 1 is 1.29 bits per heavy atom. The van der Waals surface area contributed by atoms with Gasteiger partial charge in [0, 0.05) is 38.1 Å². The summed E-state index contributed by atoms with van der Waals surface area (Å²) in [4.78, 5) is 29.5. The van der Waals surface area contributed by atoms with E-state index < -0.39 is 0 Å². The van der Waals surface area contributed by atoms with Gasteiger partial charge in [-0.05, 0) is 27.3 Å². The summed E-state index contributed by atoms with van der Waals surface area (Å²) < 4.78 is 2.17. The molecule has 2 aromatic heterocycles. The lowest BCUT2D eigenvalue weighted by Crippen LogP contribution is -2.32. The van der Waals surface area contributed by atoms with Gasteiger partial charge in [0.1, 0.15) is 5.69 Å². The molecular weight excluding hydrogens is 304 g/mol. The third-order valence-electron chi connectivity index (χ3n) is 4.55. The molecule has 3 heterocycles. The van der Waals surface area contributed by atoms with Gasteiger partial charge >= 0.3 is 0 Å². The predicted molar refractivity (Wildman–Crippen MR) is 90.2 cm³/mol. The van der Waals surface area contributed by atoms with Crippen LogP contribution in [0.3, 0.4) is 0 Å². The van der Waals surface area contributed by atoms with Gasteiger partial charge in [-0.1, -0.05) is 0 Å². The molecule has 1 aliphatic rings. The van der Waals surface area contributed by atoms with Crippen LogP contribution in [0.1, 0.15) is 42.1 Å². The Balaban J connectivity index is 1.81. The third kappa shape index (κ3) is 3.46. The summed E-state index contributed by atoms with van der Waals surface area (Å²) in [6.07, 6.45) is 7.47. The van der Waals surface area contributed by atoms with Crippen molar-refractivity contribution in [3.63, 3.8) is 0 Å². The van der Waals surface area contributed by atoms with Crippen LogP contribution in [-0.4, -0.2) is 54.9 Å². The molecule has 0 aromatic carbocycles. The number of carbonyl (C=O) groups is 1. The zero-order chi connectivity index (χ0) is 17.1. The number of rotatable bonds is 4. The van der Waals surface area contributed by atoms with Crippen LogP contribution in [0.2, 0.25) is 0 Å². The van der Waals surface area contributed by atoms with Crippen molar-refractivity contribution >= 4 is 5.91 Å². The molecule has 7 heteroatoms. The molecule has 24 heavy (non-hydrogen) atoms. The van der Waals surface area contributed by atoms with Gasteiger partial charge in [0.15, 0.2) is 0 Å². The molecule has 0 saturated heterocycles. The molecule has 0 aliphatic carbocycles. The highest BCUT2D eigenvalue weighted by molar-refractivity contribution is 5.91. The quantitative estimate of drug-likeness (QED) is 0.852. The number of carbonyl (C=O) groups excluding carboxylic acids is 1. The van der Waals surface area contributed by atoms with Gasteiger partial charge in [-0.15, -0.1) is 0 Å². The molecule has 128 valence electrons. The topological polar surface area (TPSA) is 67.2 Å². The summed E-state index contributed by atoms with van der Waals surface area (Å²) in [5.41, 5.74) is 2.56. The number of aryl methyl sites for hydroxylation is 1. The van der Waals surface area contributed by atoms with Crippen LogP contribution in [-0.2, 0) is 19.6 Å². The molecule has 1 aliphatic heterocycles. The SMILES string of the molecule is CC(C)N(C)Cc1ncn2c1CN(C(=O)c1cnccn1)CCC2. The van der Waals surface area contributed by atoms with Crippen molar-refractivity contribution in [1.29, 1.82) is 0 Å². The molecule has 0 atom stereocenters. The van der Waals surface area contributed by atoms with E-state index >= 15 is 0 Å². The second-order valence-electron chi connectivity index (χ2n) is 6.51. The highest BCUT2D eigenvalue weighted by atomic mass is 16.2. The van der Waals surface area contributed by atoms with Gasteiger partial charge in [-0.2, -0.15) is 0 Å². The van der Waals surface area contributed by atoms with Gasteiger partial charge in [-0.25, -0.2) is 9.97 Å². The fourth-order valence-electron chi connectivity index (χ4n) is 2.81. The van der Waals surface area contributed by atoms with Crippen molar-refractivity contribution in [2.45, 2.75) is 45.9 Å². The van der Waals surface area contributed by atoms with E-state index in [0.717, 1.165) is 37.4 Å². The Bertz CT molecular complexity index is 696. The smallest absolute Gasteiger partial charge is 0.274 e. The zero-order valence-corrected chi connectivity index (χ0v) is 14.5. The average Bonchev–Trinajstić information content (AvgIpc) is 2.83. The summed E-state index contributed by atoms with van der Waals surface area (Å²) in [5, 5.41) is 0. The van der Waals surface area contributed by atoms with E-state index in [0.29, 0.717) is 18.3 Å². The van der Waals surface area contributed by atoms with Crippen LogP contribution >= 0.6 is 0 Å². The number of imidazole rings is 1. The van der Waals surface area contributed by atoms with Crippen LogP contribution in [0.15, 0.2) is 24.9 Å². The van der Waals surface area contributed by atoms with E-state index in [1.165, 1.54) is 6.20 Å².